The van der Waals surface area contributed by atoms with Crippen molar-refractivity contribution >= 4 is 16.2 Å². The van der Waals surface area contributed by atoms with Crippen LogP contribution in [0.25, 0.3) is 0 Å². The molecule has 0 amide bonds. The predicted octanol–water partition coefficient (Wildman–Crippen LogP) is 1.20. The van der Waals surface area contributed by atoms with Crippen LogP contribution < -0.4 is 4.72 Å². The van der Waals surface area contributed by atoms with Crippen molar-refractivity contribution in [3.05, 3.63) is 0 Å². The minimum atomic E-state index is -3.56. The van der Waals surface area contributed by atoms with Crippen LogP contribution in [-0.4, -0.2) is 42.9 Å². The Balaban J connectivity index is 2.68. The highest BCUT2D eigenvalue weighted by Gasteiger charge is 2.32. The van der Waals surface area contributed by atoms with Gasteiger partial charge in [-0.25, -0.2) is 0 Å². The van der Waals surface area contributed by atoms with Crippen LogP contribution in [-0.2, 0) is 15.0 Å². The number of carboxylic acid groups (broad SMARTS) is 1. The molecule has 0 saturated carbocycles. The Labute approximate surface area is 115 Å². The van der Waals surface area contributed by atoms with Gasteiger partial charge in [0.2, 0.25) is 0 Å². The third kappa shape index (κ3) is 4.74. The van der Waals surface area contributed by atoms with Crippen molar-refractivity contribution < 1.29 is 18.3 Å². The van der Waals surface area contributed by atoms with E-state index in [-0.39, 0.29) is 12.6 Å². The van der Waals surface area contributed by atoms with Gasteiger partial charge in [0.15, 0.2) is 0 Å². The summed E-state index contributed by atoms with van der Waals surface area (Å²) in [5.74, 6) is -1.50. The van der Waals surface area contributed by atoms with Gasteiger partial charge in [-0.2, -0.15) is 17.4 Å². The molecular weight excluding hydrogens is 268 g/mol. The van der Waals surface area contributed by atoms with E-state index in [2.05, 4.69) is 4.72 Å². The lowest BCUT2D eigenvalue weighted by Crippen LogP contribution is -2.49. The van der Waals surface area contributed by atoms with E-state index in [4.69, 9.17) is 5.11 Å². The maximum atomic E-state index is 12.2. The quantitative estimate of drug-likeness (QED) is 0.738. The molecule has 112 valence electrons. The summed E-state index contributed by atoms with van der Waals surface area (Å²) in [6, 6.07) is -0.0693. The smallest absolute Gasteiger partial charge is 0.307 e. The Hall–Kier alpha value is -0.660. The Morgan fingerprint density at radius 1 is 1.47 bits per heavy atom. The molecule has 7 heteroatoms. The van der Waals surface area contributed by atoms with Gasteiger partial charge in [-0.1, -0.05) is 20.3 Å². The molecule has 2 atom stereocenters. The van der Waals surface area contributed by atoms with Crippen LogP contribution in [0.5, 0.6) is 0 Å². The molecule has 0 aromatic carbocycles. The van der Waals surface area contributed by atoms with Gasteiger partial charge in [-0.15, -0.1) is 0 Å². The molecule has 2 unspecified atom stereocenters. The largest absolute Gasteiger partial charge is 0.481 e. The van der Waals surface area contributed by atoms with Crippen molar-refractivity contribution in [3.63, 3.8) is 0 Å². The molecule has 6 nitrogen and oxygen atoms in total. The van der Waals surface area contributed by atoms with Crippen molar-refractivity contribution in [2.45, 2.75) is 52.0 Å². The SMILES string of the molecule is CCCC(CC)NS(=O)(=O)N1CCCC(C(=O)O)C1. The highest BCUT2D eigenvalue weighted by Crippen LogP contribution is 2.19. The predicted molar refractivity (Wildman–Crippen MR) is 73.0 cm³/mol. The number of carboxylic acids is 1. The topological polar surface area (TPSA) is 86.7 Å². The van der Waals surface area contributed by atoms with Crippen LogP contribution >= 0.6 is 0 Å². The summed E-state index contributed by atoms with van der Waals surface area (Å²) in [5, 5.41) is 8.99. The third-order valence-corrected chi connectivity index (χ3v) is 5.16. The summed E-state index contributed by atoms with van der Waals surface area (Å²) in [6.45, 7) is 4.44. The summed E-state index contributed by atoms with van der Waals surface area (Å²) in [5.41, 5.74) is 0. The van der Waals surface area contributed by atoms with Crippen LogP contribution in [0.15, 0.2) is 0 Å². The van der Waals surface area contributed by atoms with Crippen molar-refractivity contribution in [2.75, 3.05) is 13.1 Å². The second kappa shape index (κ2) is 7.21. The van der Waals surface area contributed by atoms with Crippen molar-refractivity contribution in [3.8, 4) is 0 Å². The minimum absolute atomic E-state index is 0.0693. The molecule has 1 saturated heterocycles. The zero-order valence-electron chi connectivity index (χ0n) is 11.6. The van der Waals surface area contributed by atoms with Gasteiger partial charge in [0.05, 0.1) is 5.92 Å². The molecule has 1 aliphatic heterocycles. The van der Waals surface area contributed by atoms with E-state index in [1.54, 1.807) is 0 Å². The van der Waals surface area contributed by atoms with Crippen LogP contribution in [0, 0.1) is 5.92 Å². The second-order valence-electron chi connectivity index (χ2n) is 5.05. The normalized spacial score (nSPS) is 23.2. The lowest BCUT2D eigenvalue weighted by molar-refractivity contribution is -0.142. The molecule has 1 fully saturated rings. The Bertz CT molecular complexity index is 397. The molecule has 2 N–H and O–H groups in total. The first kappa shape index (κ1) is 16.4. The Kier molecular flexibility index (Phi) is 6.22. The molecule has 0 aromatic heterocycles. The van der Waals surface area contributed by atoms with E-state index >= 15 is 0 Å². The summed E-state index contributed by atoms with van der Waals surface area (Å²) in [6.07, 6.45) is 3.60. The van der Waals surface area contributed by atoms with E-state index in [1.807, 2.05) is 13.8 Å². The molecule has 0 bridgehead atoms. The number of nitrogens with zero attached hydrogens (tertiary/aromatic N) is 1. The Morgan fingerprint density at radius 3 is 2.68 bits per heavy atom. The van der Waals surface area contributed by atoms with E-state index in [9.17, 15) is 13.2 Å². The molecule has 0 spiro atoms. The molecule has 0 aliphatic carbocycles. The van der Waals surface area contributed by atoms with Crippen LogP contribution in [0.2, 0.25) is 0 Å². The van der Waals surface area contributed by atoms with Crippen LogP contribution in [0.1, 0.15) is 46.0 Å². The fourth-order valence-electron chi connectivity index (χ4n) is 2.34. The lowest BCUT2D eigenvalue weighted by atomic mass is 10.0. The highest BCUT2D eigenvalue weighted by molar-refractivity contribution is 7.87. The zero-order chi connectivity index (χ0) is 14.5. The first-order valence-corrected chi connectivity index (χ1v) is 8.34. The van der Waals surface area contributed by atoms with E-state index < -0.39 is 22.1 Å². The number of hydrogen-bond acceptors (Lipinski definition) is 3. The number of carbonyl (C=O) groups is 1. The maximum Gasteiger partial charge on any atom is 0.307 e. The number of hydrogen-bond donors (Lipinski definition) is 2. The van der Waals surface area contributed by atoms with Gasteiger partial charge in [-0.05, 0) is 25.7 Å². The zero-order valence-corrected chi connectivity index (χ0v) is 12.4. The average Bonchev–Trinajstić information content (AvgIpc) is 2.38. The molecule has 1 rings (SSSR count). The van der Waals surface area contributed by atoms with Gasteiger partial charge in [0, 0.05) is 19.1 Å². The number of rotatable bonds is 7. The third-order valence-electron chi connectivity index (χ3n) is 3.52. The standard InChI is InChI=1S/C12H24N2O4S/c1-3-6-11(4-2)13-19(17,18)14-8-5-7-10(9-14)12(15)16/h10-11,13H,3-9H2,1-2H3,(H,15,16). The fraction of sp³-hybridized carbons (Fsp3) is 0.917. The van der Waals surface area contributed by atoms with Crippen LogP contribution in [0.3, 0.4) is 0 Å². The summed E-state index contributed by atoms with van der Waals surface area (Å²) in [4.78, 5) is 11.0. The first-order chi connectivity index (χ1) is 8.90. The minimum Gasteiger partial charge on any atom is -0.481 e. The number of aliphatic carboxylic acids is 1. The van der Waals surface area contributed by atoms with E-state index in [1.165, 1.54) is 4.31 Å². The summed E-state index contributed by atoms with van der Waals surface area (Å²) < 4.78 is 28.4. The number of piperidine rings is 1. The summed E-state index contributed by atoms with van der Waals surface area (Å²) >= 11 is 0. The van der Waals surface area contributed by atoms with Crippen molar-refractivity contribution in [2.24, 2.45) is 5.92 Å². The van der Waals surface area contributed by atoms with Crippen molar-refractivity contribution in [1.29, 1.82) is 0 Å². The van der Waals surface area contributed by atoms with Gasteiger partial charge in [0.1, 0.15) is 0 Å². The molecule has 0 radical (unpaired) electrons. The molecule has 19 heavy (non-hydrogen) atoms. The Morgan fingerprint density at radius 2 is 2.16 bits per heavy atom. The maximum absolute atomic E-state index is 12.2. The molecular formula is C12H24N2O4S. The van der Waals surface area contributed by atoms with Gasteiger partial charge in [-0.3, -0.25) is 4.79 Å². The van der Waals surface area contributed by atoms with Crippen molar-refractivity contribution in [1.82, 2.24) is 9.03 Å². The summed E-state index contributed by atoms with van der Waals surface area (Å²) in [7, 11) is -3.56. The molecule has 1 heterocycles. The lowest BCUT2D eigenvalue weighted by Gasteiger charge is -2.31. The van der Waals surface area contributed by atoms with E-state index in [0.717, 1.165) is 19.3 Å². The number of nitrogens with one attached hydrogen (secondary N) is 1. The van der Waals surface area contributed by atoms with Gasteiger partial charge in [0.25, 0.3) is 10.2 Å². The monoisotopic (exact) mass is 292 g/mol. The fourth-order valence-corrected chi connectivity index (χ4v) is 3.94. The molecule has 1 aliphatic rings. The van der Waals surface area contributed by atoms with Crippen LogP contribution in [0.4, 0.5) is 0 Å². The molecule has 0 aromatic rings. The van der Waals surface area contributed by atoms with Gasteiger partial charge >= 0.3 is 5.97 Å². The highest BCUT2D eigenvalue weighted by atomic mass is 32.2. The van der Waals surface area contributed by atoms with Gasteiger partial charge < -0.3 is 5.11 Å². The van der Waals surface area contributed by atoms with E-state index in [0.29, 0.717) is 19.4 Å². The second-order valence-corrected chi connectivity index (χ2v) is 6.75. The average molecular weight is 292 g/mol. The first-order valence-electron chi connectivity index (χ1n) is 6.90.